The van der Waals surface area contributed by atoms with Crippen molar-refractivity contribution in [2.75, 3.05) is 6.61 Å². The first-order chi connectivity index (χ1) is 13.8. The molecule has 30 heavy (non-hydrogen) atoms. The first-order valence-electron chi connectivity index (χ1n) is 9.53. The van der Waals surface area contributed by atoms with Crippen LogP contribution in [0.2, 0.25) is 0 Å². The molecule has 4 unspecified atom stereocenters. The van der Waals surface area contributed by atoms with E-state index in [1.807, 2.05) is 0 Å². The molecule has 0 aliphatic heterocycles. The Kier molecular flexibility index (Phi) is 11.6. The molecular formula is C18H32N4O8. The van der Waals surface area contributed by atoms with Crippen LogP contribution >= 0.6 is 0 Å². The Labute approximate surface area is 174 Å². The van der Waals surface area contributed by atoms with E-state index < -0.39 is 72.3 Å². The zero-order chi connectivity index (χ0) is 23.6. The largest absolute Gasteiger partial charge is 0.481 e. The summed E-state index contributed by atoms with van der Waals surface area (Å²) in [5.41, 5.74) is 5.57. The van der Waals surface area contributed by atoms with Gasteiger partial charge in [-0.1, -0.05) is 27.7 Å². The highest BCUT2D eigenvalue weighted by Gasteiger charge is 2.32. The van der Waals surface area contributed by atoms with E-state index >= 15 is 0 Å². The SMILES string of the molecule is CC(C)C(NC(=O)C(NC(=O)C(CO)NC(=O)C(N)CCC(=O)O)C(C)C)C(=O)O. The molecule has 0 aromatic carbocycles. The van der Waals surface area contributed by atoms with Crippen LogP contribution in [0.5, 0.6) is 0 Å². The van der Waals surface area contributed by atoms with Crippen molar-refractivity contribution in [1.29, 1.82) is 0 Å². The predicted octanol–water partition coefficient (Wildman–Crippen LogP) is -1.98. The van der Waals surface area contributed by atoms with Gasteiger partial charge in [-0.05, 0) is 18.3 Å². The lowest BCUT2D eigenvalue weighted by atomic mass is 10.00. The van der Waals surface area contributed by atoms with E-state index in [-0.39, 0.29) is 12.8 Å². The zero-order valence-electron chi connectivity index (χ0n) is 17.5. The smallest absolute Gasteiger partial charge is 0.326 e. The number of rotatable bonds is 13. The third-order valence-electron chi connectivity index (χ3n) is 4.30. The fourth-order valence-corrected chi connectivity index (χ4v) is 2.43. The van der Waals surface area contributed by atoms with E-state index in [1.54, 1.807) is 27.7 Å². The minimum atomic E-state index is -1.43. The molecule has 172 valence electrons. The van der Waals surface area contributed by atoms with Gasteiger partial charge < -0.3 is 37.0 Å². The number of amides is 3. The molecule has 0 saturated carbocycles. The van der Waals surface area contributed by atoms with Crippen molar-refractivity contribution in [2.45, 2.75) is 64.7 Å². The van der Waals surface area contributed by atoms with Crippen molar-refractivity contribution >= 4 is 29.7 Å². The van der Waals surface area contributed by atoms with E-state index in [0.29, 0.717) is 0 Å². The van der Waals surface area contributed by atoms with Gasteiger partial charge in [0.25, 0.3) is 0 Å². The highest BCUT2D eigenvalue weighted by Crippen LogP contribution is 2.07. The second-order valence-electron chi connectivity index (χ2n) is 7.58. The molecule has 3 amide bonds. The number of carbonyl (C=O) groups is 5. The molecule has 12 nitrogen and oxygen atoms in total. The molecule has 0 rings (SSSR count). The molecule has 0 heterocycles. The number of aliphatic hydroxyl groups excluding tert-OH is 1. The summed E-state index contributed by atoms with van der Waals surface area (Å²) in [7, 11) is 0. The fourth-order valence-electron chi connectivity index (χ4n) is 2.43. The highest BCUT2D eigenvalue weighted by molar-refractivity contribution is 5.94. The Morgan fingerprint density at radius 3 is 1.70 bits per heavy atom. The van der Waals surface area contributed by atoms with Crippen LogP contribution in [0.1, 0.15) is 40.5 Å². The number of carboxylic acid groups (broad SMARTS) is 2. The van der Waals surface area contributed by atoms with E-state index in [1.165, 1.54) is 0 Å². The summed E-state index contributed by atoms with van der Waals surface area (Å²) < 4.78 is 0. The summed E-state index contributed by atoms with van der Waals surface area (Å²) in [5.74, 6) is -5.61. The molecule has 0 aliphatic carbocycles. The van der Waals surface area contributed by atoms with E-state index in [0.717, 1.165) is 0 Å². The second kappa shape index (κ2) is 12.8. The lowest BCUT2D eigenvalue weighted by molar-refractivity contribution is -0.144. The van der Waals surface area contributed by atoms with E-state index in [2.05, 4.69) is 16.0 Å². The number of carbonyl (C=O) groups excluding carboxylic acids is 3. The minimum Gasteiger partial charge on any atom is -0.481 e. The van der Waals surface area contributed by atoms with Crippen molar-refractivity contribution in [3.05, 3.63) is 0 Å². The maximum Gasteiger partial charge on any atom is 0.326 e. The molecule has 0 aliphatic rings. The van der Waals surface area contributed by atoms with Crippen LogP contribution in [-0.2, 0) is 24.0 Å². The molecule has 8 N–H and O–H groups in total. The number of aliphatic hydroxyl groups is 1. The summed E-state index contributed by atoms with van der Waals surface area (Å²) in [6, 6.07) is -4.90. The molecule has 0 aromatic heterocycles. The van der Waals surface area contributed by atoms with Gasteiger partial charge in [0, 0.05) is 6.42 Å². The molecule has 0 radical (unpaired) electrons. The average molecular weight is 432 g/mol. The quantitative estimate of drug-likeness (QED) is 0.172. The number of aliphatic carboxylic acids is 2. The van der Waals surface area contributed by atoms with Crippen molar-refractivity contribution < 1.29 is 39.3 Å². The van der Waals surface area contributed by atoms with Gasteiger partial charge in [-0.3, -0.25) is 19.2 Å². The monoisotopic (exact) mass is 432 g/mol. The molecule has 0 spiro atoms. The average Bonchev–Trinajstić information content (AvgIpc) is 2.64. The molecule has 4 atom stereocenters. The molecule has 0 aromatic rings. The maximum atomic E-state index is 12.5. The third-order valence-corrected chi connectivity index (χ3v) is 4.30. The Morgan fingerprint density at radius 1 is 0.800 bits per heavy atom. The Bertz CT molecular complexity index is 638. The van der Waals surface area contributed by atoms with Gasteiger partial charge in [0.1, 0.15) is 18.1 Å². The van der Waals surface area contributed by atoms with Crippen LogP contribution in [0.25, 0.3) is 0 Å². The standard InChI is InChI=1S/C18H32N4O8/c1-8(2)13(17(28)22-14(9(3)4)18(29)30)21-16(27)11(7-23)20-15(26)10(19)5-6-12(24)25/h8-11,13-14,23H,5-7,19H2,1-4H3,(H,20,26)(H,21,27)(H,22,28)(H,24,25)(H,29,30). The zero-order valence-corrected chi connectivity index (χ0v) is 17.5. The van der Waals surface area contributed by atoms with Crippen LogP contribution < -0.4 is 21.7 Å². The van der Waals surface area contributed by atoms with Gasteiger partial charge in [-0.25, -0.2) is 4.79 Å². The normalized spacial score (nSPS) is 15.1. The first kappa shape index (κ1) is 27.3. The summed E-state index contributed by atoms with van der Waals surface area (Å²) in [4.78, 5) is 58.8. The van der Waals surface area contributed by atoms with Crippen molar-refractivity contribution in [2.24, 2.45) is 17.6 Å². The summed E-state index contributed by atoms with van der Waals surface area (Å²) in [5, 5.41) is 34.2. The van der Waals surface area contributed by atoms with Crippen LogP contribution in [-0.4, -0.2) is 75.8 Å². The summed E-state index contributed by atoms with van der Waals surface area (Å²) in [6.45, 7) is 5.70. The fraction of sp³-hybridized carbons (Fsp3) is 0.722. The Hall–Kier alpha value is -2.73. The molecule has 0 bridgehead atoms. The van der Waals surface area contributed by atoms with E-state index in [4.69, 9.17) is 10.8 Å². The van der Waals surface area contributed by atoms with Crippen molar-refractivity contribution in [3.8, 4) is 0 Å². The first-order valence-corrected chi connectivity index (χ1v) is 9.53. The highest BCUT2D eigenvalue weighted by atomic mass is 16.4. The van der Waals surface area contributed by atoms with Crippen LogP contribution in [0.4, 0.5) is 0 Å². The predicted molar refractivity (Wildman–Crippen MR) is 105 cm³/mol. The topological polar surface area (TPSA) is 208 Å². The molecule has 0 saturated heterocycles. The van der Waals surface area contributed by atoms with Crippen LogP contribution in [0.15, 0.2) is 0 Å². The Balaban J connectivity index is 5.13. The van der Waals surface area contributed by atoms with Gasteiger partial charge in [0.15, 0.2) is 0 Å². The third kappa shape index (κ3) is 9.18. The number of nitrogens with one attached hydrogen (secondary N) is 3. The van der Waals surface area contributed by atoms with Gasteiger partial charge in [0.2, 0.25) is 17.7 Å². The van der Waals surface area contributed by atoms with Gasteiger partial charge in [0.05, 0.1) is 12.6 Å². The summed E-state index contributed by atoms with van der Waals surface area (Å²) >= 11 is 0. The van der Waals surface area contributed by atoms with Crippen LogP contribution in [0.3, 0.4) is 0 Å². The molecular weight excluding hydrogens is 400 g/mol. The van der Waals surface area contributed by atoms with Crippen molar-refractivity contribution in [3.63, 3.8) is 0 Å². The van der Waals surface area contributed by atoms with Gasteiger partial charge >= 0.3 is 11.9 Å². The number of nitrogens with two attached hydrogens (primary N) is 1. The maximum absolute atomic E-state index is 12.5. The number of carboxylic acids is 2. The van der Waals surface area contributed by atoms with Crippen molar-refractivity contribution in [1.82, 2.24) is 16.0 Å². The summed E-state index contributed by atoms with van der Waals surface area (Å²) in [6.07, 6.45) is -0.509. The number of hydrogen-bond acceptors (Lipinski definition) is 7. The molecule has 0 fully saturated rings. The molecule has 12 heteroatoms. The Morgan fingerprint density at radius 2 is 1.30 bits per heavy atom. The van der Waals surface area contributed by atoms with E-state index in [9.17, 15) is 34.2 Å². The van der Waals surface area contributed by atoms with Crippen LogP contribution in [0, 0.1) is 11.8 Å². The lowest BCUT2D eigenvalue weighted by Crippen LogP contribution is -2.59. The number of hydrogen-bond donors (Lipinski definition) is 7. The minimum absolute atomic E-state index is 0.163. The second-order valence-corrected chi connectivity index (χ2v) is 7.58. The van der Waals surface area contributed by atoms with Gasteiger partial charge in [-0.2, -0.15) is 0 Å². The van der Waals surface area contributed by atoms with Gasteiger partial charge in [-0.15, -0.1) is 0 Å². The lowest BCUT2D eigenvalue weighted by Gasteiger charge is -2.27.